The van der Waals surface area contributed by atoms with E-state index in [1.165, 1.54) is 12.8 Å². The van der Waals surface area contributed by atoms with Gasteiger partial charge in [-0.2, -0.15) is 12.6 Å². The normalized spacial score (nSPS) is 13.5. The second kappa shape index (κ2) is 7.42. The smallest absolute Gasteiger partial charge is 0.00154 e. The average Bonchev–Trinajstić information content (AvgIpc) is 1.98. The van der Waals surface area contributed by atoms with E-state index in [2.05, 4.69) is 31.8 Å². The predicted molar refractivity (Wildman–Crippen MR) is 50.8 cm³/mol. The van der Waals surface area contributed by atoms with Gasteiger partial charge in [0, 0.05) is 0 Å². The molecular formula is C8H19NS. The van der Waals surface area contributed by atoms with Gasteiger partial charge in [-0.05, 0) is 31.2 Å². The quantitative estimate of drug-likeness (QED) is 0.448. The van der Waals surface area contributed by atoms with Gasteiger partial charge < -0.3 is 5.32 Å². The van der Waals surface area contributed by atoms with Crippen LogP contribution in [0, 0.1) is 5.92 Å². The van der Waals surface area contributed by atoms with Crippen molar-refractivity contribution in [3.8, 4) is 0 Å². The van der Waals surface area contributed by atoms with E-state index in [0.717, 1.165) is 18.8 Å². The molecule has 1 atom stereocenters. The zero-order valence-electron chi connectivity index (χ0n) is 7.06. The van der Waals surface area contributed by atoms with Gasteiger partial charge in [0.15, 0.2) is 0 Å². The maximum atomic E-state index is 4.20. The summed E-state index contributed by atoms with van der Waals surface area (Å²) in [5, 5.41) is 3.39. The number of unbranched alkanes of at least 4 members (excludes halogenated alkanes) is 1. The van der Waals surface area contributed by atoms with E-state index in [0.29, 0.717) is 5.92 Å². The van der Waals surface area contributed by atoms with Crippen molar-refractivity contribution < 1.29 is 0 Å². The Morgan fingerprint density at radius 3 is 2.70 bits per heavy atom. The zero-order chi connectivity index (χ0) is 7.82. The minimum Gasteiger partial charge on any atom is -0.316 e. The molecule has 0 bridgehead atoms. The van der Waals surface area contributed by atoms with Gasteiger partial charge in [-0.3, -0.25) is 0 Å². The van der Waals surface area contributed by atoms with E-state index >= 15 is 0 Å². The van der Waals surface area contributed by atoms with E-state index in [1.807, 2.05) is 0 Å². The Labute approximate surface area is 70.0 Å². The van der Waals surface area contributed by atoms with Gasteiger partial charge in [0.25, 0.3) is 0 Å². The Morgan fingerprint density at radius 2 is 2.20 bits per heavy atom. The van der Waals surface area contributed by atoms with Gasteiger partial charge in [-0.1, -0.05) is 20.3 Å². The maximum absolute atomic E-state index is 4.20. The van der Waals surface area contributed by atoms with Crippen LogP contribution in [0.5, 0.6) is 0 Å². The van der Waals surface area contributed by atoms with Crippen LogP contribution in [0.1, 0.15) is 26.7 Å². The van der Waals surface area contributed by atoms with Crippen LogP contribution in [0.4, 0.5) is 0 Å². The molecule has 0 amide bonds. The van der Waals surface area contributed by atoms with E-state index in [1.54, 1.807) is 0 Å². The summed E-state index contributed by atoms with van der Waals surface area (Å²) in [5.41, 5.74) is 0. The highest BCUT2D eigenvalue weighted by atomic mass is 32.1. The lowest BCUT2D eigenvalue weighted by molar-refractivity contribution is 0.547. The maximum Gasteiger partial charge on any atom is -0.00154 e. The number of hydrogen-bond donors (Lipinski definition) is 2. The van der Waals surface area contributed by atoms with Crippen molar-refractivity contribution in [1.82, 2.24) is 5.32 Å². The second-order valence-corrected chi connectivity index (χ2v) is 3.21. The molecule has 0 aromatic carbocycles. The third kappa shape index (κ3) is 6.43. The van der Waals surface area contributed by atoms with Crippen molar-refractivity contribution in [1.29, 1.82) is 0 Å². The van der Waals surface area contributed by atoms with Crippen molar-refractivity contribution in [2.45, 2.75) is 26.7 Å². The van der Waals surface area contributed by atoms with Crippen LogP contribution in [-0.4, -0.2) is 18.8 Å². The highest BCUT2D eigenvalue weighted by Crippen LogP contribution is 1.94. The number of rotatable bonds is 6. The molecule has 0 fully saturated rings. The Bertz CT molecular complexity index is 66.3. The molecule has 0 rings (SSSR count). The van der Waals surface area contributed by atoms with Gasteiger partial charge in [0.2, 0.25) is 0 Å². The van der Waals surface area contributed by atoms with Gasteiger partial charge >= 0.3 is 0 Å². The molecule has 1 N–H and O–H groups in total. The molecule has 10 heavy (non-hydrogen) atoms. The van der Waals surface area contributed by atoms with Crippen LogP contribution in [0.25, 0.3) is 0 Å². The molecular weight excluding hydrogens is 142 g/mol. The van der Waals surface area contributed by atoms with Crippen molar-refractivity contribution in [3.63, 3.8) is 0 Å². The monoisotopic (exact) mass is 161 g/mol. The SMILES string of the molecule is CCCCNCC(C)CS. The first-order chi connectivity index (χ1) is 4.81. The van der Waals surface area contributed by atoms with Crippen molar-refractivity contribution in [2.75, 3.05) is 18.8 Å². The number of thiol groups is 1. The lowest BCUT2D eigenvalue weighted by Crippen LogP contribution is -2.22. The Hall–Kier alpha value is 0.310. The lowest BCUT2D eigenvalue weighted by atomic mass is 10.2. The molecule has 0 saturated heterocycles. The lowest BCUT2D eigenvalue weighted by Gasteiger charge is -2.08. The summed E-state index contributed by atoms with van der Waals surface area (Å²) in [5.74, 6) is 1.69. The number of hydrogen-bond acceptors (Lipinski definition) is 2. The van der Waals surface area contributed by atoms with Crippen molar-refractivity contribution in [3.05, 3.63) is 0 Å². The topological polar surface area (TPSA) is 12.0 Å². The van der Waals surface area contributed by atoms with E-state index in [9.17, 15) is 0 Å². The fraction of sp³-hybridized carbons (Fsp3) is 1.00. The third-order valence-electron chi connectivity index (χ3n) is 1.51. The summed E-state index contributed by atoms with van der Waals surface area (Å²) in [4.78, 5) is 0. The van der Waals surface area contributed by atoms with Crippen LogP contribution in [-0.2, 0) is 0 Å². The minimum atomic E-state index is 0.709. The molecule has 0 saturated carbocycles. The summed E-state index contributed by atoms with van der Waals surface area (Å²) in [6.07, 6.45) is 2.57. The van der Waals surface area contributed by atoms with E-state index in [4.69, 9.17) is 0 Å². The summed E-state index contributed by atoms with van der Waals surface area (Å²) in [7, 11) is 0. The first-order valence-corrected chi connectivity index (χ1v) is 4.76. The molecule has 0 aliphatic carbocycles. The van der Waals surface area contributed by atoms with Crippen molar-refractivity contribution in [2.24, 2.45) is 5.92 Å². The first kappa shape index (κ1) is 10.3. The zero-order valence-corrected chi connectivity index (χ0v) is 7.95. The first-order valence-electron chi connectivity index (χ1n) is 4.12. The molecule has 0 radical (unpaired) electrons. The minimum absolute atomic E-state index is 0.709. The predicted octanol–water partition coefficient (Wildman–Crippen LogP) is 1.94. The van der Waals surface area contributed by atoms with Gasteiger partial charge in [0.05, 0.1) is 0 Å². The van der Waals surface area contributed by atoms with Gasteiger partial charge in [-0.15, -0.1) is 0 Å². The second-order valence-electron chi connectivity index (χ2n) is 2.85. The van der Waals surface area contributed by atoms with Crippen LogP contribution >= 0.6 is 12.6 Å². The molecule has 2 heteroatoms. The summed E-state index contributed by atoms with van der Waals surface area (Å²) >= 11 is 4.20. The van der Waals surface area contributed by atoms with Crippen LogP contribution in [0.3, 0.4) is 0 Å². The summed E-state index contributed by atoms with van der Waals surface area (Å²) in [6, 6.07) is 0. The van der Waals surface area contributed by atoms with Crippen LogP contribution in [0.15, 0.2) is 0 Å². The van der Waals surface area contributed by atoms with Crippen LogP contribution < -0.4 is 5.32 Å². The summed E-state index contributed by atoms with van der Waals surface area (Å²) < 4.78 is 0. The molecule has 62 valence electrons. The Balaban J connectivity index is 2.89. The average molecular weight is 161 g/mol. The third-order valence-corrected chi connectivity index (χ3v) is 2.13. The molecule has 1 nitrogen and oxygen atoms in total. The van der Waals surface area contributed by atoms with E-state index < -0.39 is 0 Å². The molecule has 0 spiro atoms. The van der Waals surface area contributed by atoms with Gasteiger partial charge in [0.1, 0.15) is 0 Å². The molecule has 0 aliphatic heterocycles. The molecule has 0 heterocycles. The molecule has 1 unspecified atom stereocenters. The number of nitrogens with one attached hydrogen (secondary N) is 1. The highest BCUT2D eigenvalue weighted by molar-refractivity contribution is 7.80. The van der Waals surface area contributed by atoms with E-state index in [-0.39, 0.29) is 0 Å². The Morgan fingerprint density at radius 1 is 1.50 bits per heavy atom. The van der Waals surface area contributed by atoms with Crippen LogP contribution in [0.2, 0.25) is 0 Å². The highest BCUT2D eigenvalue weighted by Gasteiger charge is 1.95. The largest absolute Gasteiger partial charge is 0.316 e. The molecule has 0 aromatic rings. The van der Waals surface area contributed by atoms with Crippen molar-refractivity contribution >= 4 is 12.6 Å². The fourth-order valence-corrected chi connectivity index (χ4v) is 0.844. The van der Waals surface area contributed by atoms with Gasteiger partial charge in [-0.25, -0.2) is 0 Å². The Kier molecular flexibility index (Phi) is 7.65. The molecule has 0 aromatic heterocycles. The molecule has 0 aliphatic rings. The fourth-order valence-electron chi connectivity index (χ4n) is 0.715. The summed E-state index contributed by atoms with van der Waals surface area (Å²) in [6.45, 7) is 6.70. The standard InChI is InChI=1S/C8H19NS/c1-3-4-5-9-6-8(2)7-10/h8-10H,3-7H2,1-2H3.